The Morgan fingerprint density at radius 2 is 0.780 bits per heavy atom. The highest BCUT2D eigenvalue weighted by molar-refractivity contribution is 6.14. The van der Waals surface area contributed by atoms with E-state index in [0.717, 1.165) is 88.8 Å². The smallest absolute Gasteiger partial charge is 0.160 e. The molecule has 3 heteroatoms. The van der Waals surface area contributed by atoms with Crippen LogP contribution in [0.4, 0.5) is 17.1 Å². The van der Waals surface area contributed by atoms with Gasteiger partial charge >= 0.3 is 0 Å². The van der Waals surface area contributed by atoms with Gasteiger partial charge in [-0.15, -0.1) is 0 Å². The summed E-state index contributed by atoms with van der Waals surface area (Å²) in [4.78, 5) is 2.37. The lowest BCUT2D eigenvalue weighted by Gasteiger charge is -2.28. The molecule has 0 bridgehead atoms. The molecule has 0 unspecified atom stereocenters. The van der Waals surface area contributed by atoms with Crippen LogP contribution in [0.3, 0.4) is 0 Å². The predicted octanol–water partition coefficient (Wildman–Crippen LogP) is 16.3. The van der Waals surface area contributed by atoms with E-state index in [1.54, 1.807) is 0 Å². The Hall–Kier alpha value is -7.88. The summed E-state index contributed by atoms with van der Waals surface area (Å²) >= 11 is 0. The predicted molar refractivity (Wildman–Crippen MR) is 247 cm³/mol. The summed E-state index contributed by atoms with van der Waals surface area (Å²) < 4.78 is 13.4. The van der Waals surface area contributed by atoms with Crippen LogP contribution in [0, 0.1) is 0 Å². The van der Waals surface area contributed by atoms with E-state index in [4.69, 9.17) is 8.83 Å². The lowest BCUT2D eigenvalue weighted by Crippen LogP contribution is -2.11. The molecule has 2 aromatic heterocycles. The molecule has 2 heterocycles. The lowest BCUT2D eigenvalue weighted by molar-refractivity contribution is 0.669. The summed E-state index contributed by atoms with van der Waals surface area (Å²) in [6.07, 6.45) is 0. The highest BCUT2D eigenvalue weighted by atomic mass is 16.3. The van der Waals surface area contributed by atoms with E-state index in [0.29, 0.717) is 0 Å². The standard InChI is InChI=1S/C56H35NO2/c1-3-12-40-34-42(22-20-36(40)10-1)38-24-28-44(29-25-38)57(45-30-26-39(27-31-45)47-16-9-17-50-48-14-5-7-18-52(48)58-55(47)50)54-46(43-23-21-37-11-2-4-13-41(37)35-43)32-33-51-49-15-6-8-19-53(49)59-56(51)54/h1-35H. The zero-order valence-electron chi connectivity index (χ0n) is 32.0. The van der Waals surface area contributed by atoms with Crippen LogP contribution in [0.15, 0.2) is 221 Å². The number of hydrogen-bond donors (Lipinski definition) is 0. The van der Waals surface area contributed by atoms with Crippen molar-refractivity contribution < 1.29 is 8.83 Å². The van der Waals surface area contributed by atoms with Gasteiger partial charge in [0.2, 0.25) is 0 Å². The van der Waals surface area contributed by atoms with Crippen molar-refractivity contribution >= 4 is 82.5 Å². The maximum atomic E-state index is 6.91. The van der Waals surface area contributed by atoms with E-state index in [1.807, 2.05) is 18.2 Å². The van der Waals surface area contributed by atoms with Crippen molar-refractivity contribution in [2.45, 2.75) is 0 Å². The van der Waals surface area contributed by atoms with Crippen molar-refractivity contribution in [1.29, 1.82) is 0 Å². The number of anilines is 3. The van der Waals surface area contributed by atoms with Crippen molar-refractivity contribution in [2.75, 3.05) is 4.90 Å². The highest BCUT2D eigenvalue weighted by Gasteiger charge is 2.24. The Bertz CT molecular complexity index is 3550. The van der Waals surface area contributed by atoms with Gasteiger partial charge in [-0.3, -0.25) is 0 Å². The van der Waals surface area contributed by atoms with Gasteiger partial charge in [-0.1, -0.05) is 158 Å². The molecule has 276 valence electrons. The minimum absolute atomic E-state index is 0.839. The van der Waals surface area contributed by atoms with Crippen molar-refractivity contribution in [3.8, 4) is 33.4 Å². The third-order valence-corrected chi connectivity index (χ3v) is 11.9. The van der Waals surface area contributed by atoms with Gasteiger partial charge in [-0.05, 0) is 98.4 Å². The van der Waals surface area contributed by atoms with Gasteiger partial charge in [0.1, 0.15) is 16.7 Å². The molecule has 0 aliphatic heterocycles. The van der Waals surface area contributed by atoms with Crippen LogP contribution in [-0.2, 0) is 0 Å². The van der Waals surface area contributed by atoms with Gasteiger partial charge in [0.25, 0.3) is 0 Å². The summed E-state index contributed by atoms with van der Waals surface area (Å²) in [5.74, 6) is 0. The molecule has 0 aliphatic carbocycles. The molecular weight excluding hydrogens is 719 g/mol. The molecule has 0 aliphatic rings. The fourth-order valence-corrected chi connectivity index (χ4v) is 8.93. The third-order valence-electron chi connectivity index (χ3n) is 11.9. The van der Waals surface area contributed by atoms with Gasteiger partial charge in [0.15, 0.2) is 5.58 Å². The highest BCUT2D eigenvalue weighted by Crippen LogP contribution is 2.48. The average Bonchev–Trinajstić information content (AvgIpc) is 3.88. The summed E-state index contributed by atoms with van der Waals surface area (Å²) in [5.41, 5.74) is 13.2. The molecule has 0 saturated carbocycles. The summed E-state index contributed by atoms with van der Waals surface area (Å²) in [6, 6.07) is 75.8. The molecule has 0 saturated heterocycles. The zero-order valence-corrected chi connectivity index (χ0v) is 32.0. The number of para-hydroxylation sites is 3. The second kappa shape index (κ2) is 13.4. The van der Waals surface area contributed by atoms with Crippen LogP contribution in [0.1, 0.15) is 0 Å². The number of benzene rings is 10. The van der Waals surface area contributed by atoms with Crippen LogP contribution >= 0.6 is 0 Å². The quantitative estimate of drug-likeness (QED) is 0.169. The fourth-order valence-electron chi connectivity index (χ4n) is 8.93. The van der Waals surface area contributed by atoms with Gasteiger partial charge in [0, 0.05) is 44.0 Å². The molecular formula is C56H35NO2. The van der Waals surface area contributed by atoms with Crippen LogP contribution in [0.25, 0.3) is 98.8 Å². The normalized spacial score (nSPS) is 11.7. The average molecular weight is 754 g/mol. The first-order valence-electron chi connectivity index (χ1n) is 20.1. The minimum atomic E-state index is 0.839. The topological polar surface area (TPSA) is 29.5 Å². The van der Waals surface area contributed by atoms with E-state index < -0.39 is 0 Å². The lowest BCUT2D eigenvalue weighted by atomic mass is 9.96. The second-order valence-corrected chi connectivity index (χ2v) is 15.3. The van der Waals surface area contributed by atoms with E-state index in [-0.39, 0.29) is 0 Å². The van der Waals surface area contributed by atoms with Crippen molar-refractivity contribution in [1.82, 2.24) is 0 Å². The van der Waals surface area contributed by atoms with Gasteiger partial charge in [-0.25, -0.2) is 0 Å². The first kappa shape index (κ1) is 33.3. The molecule has 3 nitrogen and oxygen atoms in total. The van der Waals surface area contributed by atoms with E-state index >= 15 is 0 Å². The van der Waals surface area contributed by atoms with Crippen LogP contribution in [0.5, 0.6) is 0 Å². The Kier molecular flexibility index (Phi) is 7.54. The Morgan fingerprint density at radius 1 is 0.288 bits per heavy atom. The van der Waals surface area contributed by atoms with Gasteiger partial charge < -0.3 is 13.7 Å². The fraction of sp³-hybridized carbons (Fsp3) is 0. The maximum absolute atomic E-state index is 6.91. The number of furan rings is 2. The molecule has 12 aromatic rings. The summed E-state index contributed by atoms with van der Waals surface area (Å²) in [6.45, 7) is 0. The first-order chi connectivity index (χ1) is 29.2. The molecule has 59 heavy (non-hydrogen) atoms. The molecule has 0 fully saturated rings. The number of hydrogen-bond acceptors (Lipinski definition) is 3. The Balaban J connectivity index is 1.07. The largest absolute Gasteiger partial charge is 0.455 e. The second-order valence-electron chi connectivity index (χ2n) is 15.3. The van der Waals surface area contributed by atoms with E-state index in [2.05, 4.69) is 199 Å². The third kappa shape index (κ3) is 5.51. The minimum Gasteiger partial charge on any atom is -0.455 e. The molecule has 0 amide bonds. The van der Waals surface area contributed by atoms with Crippen molar-refractivity contribution in [2.24, 2.45) is 0 Å². The number of rotatable bonds is 6. The number of fused-ring (bicyclic) bond motifs is 8. The molecule has 0 radical (unpaired) electrons. The van der Waals surface area contributed by atoms with Crippen LogP contribution < -0.4 is 4.90 Å². The van der Waals surface area contributed by atoms with E-state index in [9.17, 15) is 0 Å². The first-order valence-corrected chi connectivity index (χ1v) is 20.1. The molecule has 0 atom stereocenters. The summed E-state index contributed by atoms with van der Waals surface area (Å²) in [7, 11) is 0. The van der Waals surface area contributed by atoms with Crippen molar-refractivity contribution in [3.05, 3.63) is 212 Å². The Labute approximate surface area is 340 Å². The van der Waals surface area contributed by atoms with Crippen LogP contribution in [-0.4, -0.2) is 0 Å². The van der Waals surface area contributed by atoms with E-state index in [1.165, 1.54) is 27.1 Å². The monoisotopic (exact) mass is 753 g/mol. The zero-order chi connectivity index (χ0) is 38.9. The molecule has 12 rings (SSSR count). The molecule has 0 N–H and O–H groups in total. The van der Waals surface area contributed by atoms with Gasteiger partial charge in [0.05, 0.1) is 5.69 Å². The van der Waals surface area contributed by atoms with Crippen LogP contribution in [0.2, 0.25) is 0 Å². The van der Waals surface area contributed by atoms with Crippen molar-refractivity contribution in [3.63, 3.8) is 0 Å². The summed E-state index contributed by atoms with van der Waals surface area (Å²) in [5, 5.41) is 9.27. The van der Waals surface area contributed by atoms with Gasteiger partial charge in [-0.2, -0.15) is 0 Å². The number of nitrogens with zero attached hydrogens (tertiary/aromatic N) is 1. The Morgan fingerprint density at radius 3 is 1.44 bits per heavy atom. The molecule has 10 aromatic carbocycles. The molecule has 0 spiro atoms. The maximum Gasteiger partial charge on any atom is 0.160 e. The SMILES string of the molecule is c1ccc2cc(-c3ccc(N(c4ccc(-c5cccc6c5oc5ccccc56)cc4)c4c(-c5ccc6ccccc6c5)ccc5c4oc4ccccc45)cc3)ccc2c1.